The van der Waals surface area contributed by atoms with Crippen molar-refractivity contribution >= 4 is 11.6 Å². The van der Waals surface area contributed by atoms with Gasteiger partial charge in [-0.3, -0.25) is 0 Å². The Hall–Kier alpha value is 0.250. The summed E-state index contributed by atoms with van der Waals surface area (Å²) in [5.41, 5.74) is 0. The first-order valence-electron chi connectivity index (χ1n) is 3.61. The summed E-state index contributed by atoms with van der Waals surface area (Å²) < 4.78 is 0. The van der Waals surface area contributed by atoms with Crippen LogP contribution in [0.4, 0.5) is 0 Å². The molecule has 4 atom stereocenters. The van der Waals surface area contributed by atoms with E-state index in [1.54, 1.807) is 0 Å². The van der Waals surface area contributed by atoms with Crippen molar-refractivity contribution in [2.75, 3.05) is 0 Å². The van der Waals surface area contributed by atoms with Crippen molar-refractivity contribution in [3.8, 4) is 0 Å². The summed E-state index contributed by atoms with van der Waals surface area (Å²) in [6.45, 7) is 0. The quantitative estimate of drug-likeness (QED) is 0.512. The smallest absolute Gasteiger partial charge is 0.0734 e. The molecule has 0 aromatic carbocycles. The molecule has 0 spiro atoms. The van der Waals surface area contributed by atoms with Crippen LogP contribution in [0.3, 0.4) is 0 Å². The van der Waals surface area contributed by atoms with Crippen molar-refractivity contribution in [2.45, 2.75) is 30.7 Å². The van der Waals surface area contributed by atoms with Crippen LogP contribution in [0.1, 0.15) is 19.3 Å². The molecule has 1 N–H and O–H groups in total. The summed E-state index contributed by atoms with van der Waals surface area (Å²) in [6, 6.07) is 0. The average Bonchev–Trinajstić information content (AvgIpc) is 2.37. The van der Waals surface area contributed by atoms with E-state index in [2.05, 4.69) is 0 Å². The normalized spacial score (nSPS) is 56.7. The summed E-state index contributed by atoms with van der Waals surface area (Å²) in [4.78, 5) is 0. The van der Waals surface area contributed by atoms with Crippen LogP contribution in [0.2, 0.25) is 0 Å². The Balaban J connectivity index is 2.15. The van der Waals surface area contributed by atoms with Gasteiger partial charge in [-0.2, -0.15) is 0 Å². The van der Waals surface area contributed by atoms with E-state index in [0.29, 0.717) is 11.8 Å². The number of rotatable bonds is 0. The number of alkyl halides is 1. The molecule has 2 heteroatoms. The largest absolute Gasteiger partial charge is 0.391 e. The van der Waals surface area contributed by atoms with E-state index in [1.807, 2.05) is 0 Å². The molecule has 2 aliphatic rings. The van der Waals surface area contributed by atoms with Gasteiger partial charge in [0.2, 0.25) is 0 Å². The van der Waals surface area contributed by atoms with Crippen molar-refractivity contribution in [3.05, 3.63) is 0 Å². The molecule has 0 amide bonds. The molecule has 0 heterocycles. The minimum atomic E-state index is -0.189. The van der Waals surface area contributed by atoms with Gasteiger partial charge in [0.1, 0.15) is 0 Å². The van der Waals surface area contributed by atoms with Crippen molar-refractivity contribution in [1.29, 1.82) is 0 Å². The molecule has 1 nitrogen and oxygen atoms in total. The number of fused-ring (bicyclic) bond motifs is 2. The second-order valence-electron chi connectivity index (χ2n) is 3.27. The van der Waals surface area contributed by atoms with E-state index >= 15 is 0 Å². The van der Waals surface area contributed by atoms with Gasteiger partial charge in [0, 0.05) is 0 Å². The maximum Gasteiger partial charge on any atom is 0.0734 e. The number of halogens is 1. The van der Waals surface area contributed by atoms with E-state index in [-0.39, 0.29) is 11.5 Å². The number of aliphatic hydroxyl groups excluding tert-OH is 1. The van der Waals surface area contributed by atoms with E-state index in [4.69, 9.17) is 11.6 Å². The second kappa shape index (κ2) is 1.86. The van der Waals surface area contributed by atoms with Gasteiger partial charge < -0.3 is 5.11 Å². The summed E-state index contributed by atoms with van der Waals surface area (Å²) >= 11 is 5.91. The number of aliphatic hydroxyl groups is 1. The molecular formula is C7H11ClO. The van der Waals surface area contributed by atoms with Crippen LogP contribution in [0.25, 0.3) is 0 Å². The van der Waals surface area contributed by atoms with Crippen molar-refractivity contribution in [3.63, 3.8) is 0 Å². The average molecular weight is 147 g/mol. The molecule has 0 radical (unpaired) electrons. The van der Waals surface area contributed by atoms with Crippen molar-refractivity contribution < 1.29 is 5.11 Å². The van der Waals surface area contributed by atoms with Gasteiger partial charge in [-0.15, -0.1) is 11.6 Å². The van der Waals surface area contributed by atoms with Gasteiger partial charge in [0.25, 0.3) is 0 Å². The zero-order valence-corrected chi connectivity index (χ0v) is 6.01. The molecule has 2 aliphatic carbocycles. The third-order valence-corrected chi connectivity index (χ3v) is 3.39. The maximum atomic E-state index is 9.36. The Bertz CT molecular complexity index is 108. The summed E-state index contributed by atoms with van der Waals surface area (Å²) in [6.07, 6.45) is 3.44. The first-order chi connectivity index (χ1) is 4.29. The van der Waals surface area contributed by atoms with Gasteiger partial charge in [0.05, 0.1) is 11.5 Å². The Morgan fingerprint density at radius 2 is 1.89 bits per heavy atom. The predicted octanol–water partition coefficient (Wildman–Crippen LogP) is 1.38. The molecule has 0 aromatic rings. The minimum absolute atomic E-state index is 0.0729. The highest BCUT2D eigenvalue weighted by Crippen LogP contribution is 2.46. The molecule has 2 rings (SSSR count). The second-order valence-corrected chi connectivity index (χ2v) is 3.77. The lowest BCUT2D eigenvalue weighted by Gasteiger charge is -2.20. The molecule has 0 saturated heterocycles. The van der Waals surface area contributed by atoms with Crippen LogP contribution in [-0.4, -0.2) is 16.6 Å². The predicted molar refractivity (Wildman–Crippen MR) is 36.5 cm³/mol. The van der Waals surface area contributed by atoms with E-state index < -0.39 is 0 Å². The van der Waals surface area contributed by atoms with E-state index in [1.165, 1.54) is 19.3 Å². The lowest BCUT2D eigenvalue weighted by atomic mass is 9.97. The molecule has 2 bridgehead atoms. The highest BCUT2D eigenvalue weighted by Gasteiger charge is 2.45. The molecule has 0 aliphatic heterocycles. The van der Waals surface area contributed by atoms with Crippen molar-refractivity contribution in [1.82, 2.24) is 0 Å². The molecule has 9 heavy (non-hydrogen) atoms. The van der Waals surface area contributed by atoms with E-state index in [9.17, 15) is 5.11 Å². The molecular weight excluding hydrogens is 136 g/mol. The molecule has 2 saturated carbocycles. The first kappa shape index (κ1) is 5.99. The Labute approximate surface area is 60.0 Å². The first-order valence-corrected chi connectivity index (χ1v) is 4.05. The fourth-order valence-corrected chi connectivity index (χ4v) is 2.63. The van der Waals surface area contributed by atoms with Crippen molar-refractivity contribution in [2.24, 2.45) is 11.8 Å². The SMILES string of the molecule is O[C@H]1[C@H]2CC[C@@H](C2)[C@H]1Cl. The summed E-state index contributed by atoms with van der Waals surface area (Å²) in [7, 11) is 0. The molecule has 0 aromatic heterocycles. The van der Waals surface area contributed by atoms with Gasteiger partial charge in [0.15, 0.2) is 0 Å². The van der Waals surface area contributed by atoms with Gasteiger partial charge in [-0.25, -0.2) is 0 Å². The fourth-order valence-electron chi connectivity index (χ4n) is 2.19. The lowest BCUT2D eigenvalue weighted by Crippen LogP contribution is -2.27. The fraction of sp³-hybridized carbons (Fsp3) is 1.00. The molecule has 2 fully saturated rings. The van der Waals surface area contributed by atoms with Gasteiger partial charge in [-0.05, 0) is 31.1 Å². The summed E-state index contributed by atoms with van der Waals surface area (Å²) in [5, 5.41) is 9.43. The van der Waals surface area contributed by atoms with Crippen LogP contribution < -0.4 is 0 Å². The topological polar surface area (TPSA) is 20.2 Å². The number of hydrogen-bond acceptors (Lipinski definition) is 1. The Kier molecular flexibility index (Phi) is 1.24. The zero-order chi connectivity index (χ0) is 6.43. The van der Waals surface area contributed by atoms with Gasteiger partial charge in [-0.1, -0.05) is 0 Å². The third kappa shape index (κ3) is 0.714. The van der Waals surface area contributed by atoms with E-state index in [0.717, 1.165) is 0 Å². The highest BCUT2D eigenvalue weighted by atomic mass is 35.5. The Morgan fingerprint density at radius 1 is 1.22 bits per heavy atom. The zero-order valence-electron chi connectivity index (χ0n) is 5.26. The summed E-state index contributed by atoms with van der Waals surface area (Å²) in [5.74, 6) is 1.17. The highest BCUT2D eigenvalue weighted by molar-refractivity contribution is 6.21. The van der Waals surface area contributed by atoms with Crippen LogP contribution in [0, 0.1) is 11.8 Å². The maximum absolute atomic E-state index is 9.36. The van der Waals surface area contributed by atoms with Crippen LogP contribution in [0.15, 0.2) is 0 Å². The molecule has 0 unspecified atom stereocenters. The lowest BCUT2D eigenvalue weighted by molar-refractivity contribution is 0.117. The Morgan fingerprint density at radius 3 is 2.22 bits per heavy atom. The van der Waals surface area contributed by atoms with Crippen LogP contribution in [-0.2, 0) is 0 Å². The van der Waals surface area contributed by atoms with Gasteiger partial charge >= 0.3 is 0 Å². The van der Waals surface area contributed by atoms with Crippen LogP contribution >= 0.6 is 11.6 Å². The third-order valence-electron chi connectivity index (χ3n) is 2.77. The molecule has 52 valence electrons. The minimum Gasteiger partial charge on any atom is -0.391 e. The van der Waals surface area contributed by atoms with Crippen LogP contribution in [0.5, 0.6) is 0 Å². The number of hydrogen-bond donors (Lipinski definition) is 1. The monoisotopic (exact) mass is 146 g/mol. The standard InChI is InChI=1S/C7H11ClO/c8-6-4-1-2-5(3-4)7(6)9/h4-7,9H,1-3H2/t4-,5-,6+,7-/m0/s1.